The fraction of sp³-hybridized carbons (Fsp3) is 0.286. The van der Waals surface area contributed by atoms with Crippen LogP contribution in [0.4, 0.5) is 0 Å². The van der Waals surface area contributed by atoms with Gasteiger partial charge in [0.1, 0.15) is 11.9 Å². The Bertz CT molecular complexity index is 984. The van der Waals surface area contributed by atoms with Crippen molar-refractivity contribution in [3.05, 3.63) is 103 Å². The van der Waals surface area contributed by atoms with Crippen molar-refractivity contribution >= 4 is 18.7 Å². The Hall–Kier alpha value is -2.66. The van der Waals surface area contributed by atoms with E-state index >= 15 is 0 Å². The summed E-state index contributed by atoms with van der Waals surface area (Å²) in [6.45, 7) is 7.41. The molecule has 2 atom stereocenters. The summed E-state index contributed by atoms with van der Waals surface area (Å²) in [6, 6.07) is 29.5. The third-order valence-corrected chi connectivity index (χ3v) is 11.2. The topological polar surface area (TPSA) is 27.7 Å². The minimum atomic E-state index is -2.56. The van der Waals surface area contributed by atoms with Crippen LogP contribution in [0.2, 0.25) is 5.04 Å². The number of benzene rings is 3. The zero-order valence-electron chi connectivity index (χ0n) is 19.3. The molecule has 0 saturated heterocycles. The van der Waals surface area contributed by atoms with Crippen LogP contribution in [-0.2, 0) is 9.16 Å². The molecule has 0 amide bonds. The molecule has 0 aromatic heterocycles. The van der Waals surface area contributed by atoms with E-state index in [2.05, 4.69) is 106 Å². The van der Waals surface area contributed by atoms with Gasteiger partial charge in [-0.25, -0.2) is 0 Å². The molecule has 3 aromatic carbocycles. The first kappa shape index (κ1) is 22.5. The number of methoxy groups -OCH3 is 1. The fourth-order valence-electron chi connectivity index (χ4n) is 4.55. The van der Waals surface area contributed by atoms with E-state index in [4.69, 9.17) is 13.9 Å². The van der Waals surface area contributed by atoms with E-state index in [0.29, 0.717) is 6.61 Å². The highest BCUT2D eigenvalue weighted by molar-refractivity contribution is 6.99. The van der Waals surface area contributed by atoms with Crippen LogP contribution in [0.1, 0.15) is 32.4 Å². The summed E-state index contributed by atoms with van der Waals surface area (Å²) in [5.41, 5.74) is 1.12. The average Bonchev–Trinajstić information content (AvgIpc) is 3.29. The molecule has 3 aromatic rings. The highest BCUT2D eigenvalue weighted by Crippen LogP contribution is 2.37. The van der Waals surface area contributed by atoms with Crippen molar-refractivity contribution in [2.75, 3.05) is 13.7 Å². The lowest BCUT2D eigenvalue weighted by Crippen LogP contribution is -2.67. The lowest BCUT2D eigenvalue weighted by Gasteiger charge is -2.43. The Morgan fingerprint density at radius 2 is 1.34 bits per heavy atom. The molecule has 0 N–H and O–H groups in total. The van der Waals surface area contributed by atoms with E-state index in [0.717, 1.165) is 11.3 Å². The summed E-state index contributed by atoms with van der Waals surface area (Å²) in [4.78, 5) is 0. The van der Waals surface area contributed by atoms with Gasteiger partial charge in [-0.05, 0) is 33.1 Å². The first-order chi connectivity index (χ1) is 15.4. The van der Waals surface area contributed by atoms with Gasteiger partial charge in [0.05, 0.1) is 19.8 Å². The van der Waals surface area contributed by atoms with Crippen LogP contribution in [0, 0.1) is 0 Å². The monoisotopic (exact) mass is 444 g/mol. The molecule has 1 heterocycles. The van der Waals surface area contributed by atoms with Gasteiger partial charge < -0.3 is 13.9 Å². The second-order valence-electron chi connectivity index (χ2n) is 9.23. The molecule has 3 nitrogen and oxygen atoms in total. The minimum absolute atomic E-state index is 0.0482. The van der Waals surface area contributed by atoms with Crippen molar-refractivity contribution in [3.8, 4) is 5.75 Å². The number of ether oxygens (including phenoxy) is 2. The molecule has 4 heteroatoms. The Morgan fingerprint density at radius 1 is 0.781 bits per heavy atom. The molecule has 0 radical (unpaired) electrons. The molecule has 166 valence electrons. The highest BCUT2D eigenvalue weighted by Gasteiger charge is 2.50. The summed E-state index contributed by atoms with van der Waals surface area (Å²) in [5, 5.41) is 2.52. The van der Waals surface area contributed by atoms with Gasteiger partial charge >= 0.3 is 0 Å². The van der Waals surface area contributed by atoms with Gasteiger partial charge in [-0.3, -0.25) is 0 Å². The van der Waals surface area contributed by atoms with Crippen molar-refractivity contribution in [3.63, 3.8) is 0 Å². The quantitative estimate of drug-likeness (QED) is 0.367. The standard InChI is InChI=1S/C28H32O3Si/c1-28(2,3)32(25-11-7-5-8-12-25,26-13-9-6-10-14-26)30-21-24-19-20-27(31-24)22-15-17-23(29-4)18-16-22/h5-20,24,27H,21H2,1-4H3/t24-,27-/m0/s1. The van der Waals surface area contributed by atoms with Crippen LogP contribution < -0.4 is 15.1 Å². The van der Waals surface area contributed by atoms with Crippen LogP contribution in [0.5, 0.6) is 5.75 Å². The summed E-state index contributed by atoms with van der Waals surface area (Å²) < 4.78 is 18.6. The van der Waals surface area contributed by atoms with Gasteiger partial charge in [0.2, 0.25) is 0 Å². The fourth-order valence-corrected chi connectivity index (χ4v) is 9.12. The Morgan fingerprint density at radius 3 is 1.84 bits per heavy atom. The Labute approximate surface area is 192 Å². The van der Waals surface area contributed by atoms with Crippen molar-refractivity contribution < 1.29 is 13.9 Å². The first-order valence-corrected chi connectivity index (χ1v) is 13.1. The zero-order valence-corrected chi connectivity index (χ0v) is 20.3. The molecule has 32 heavy (non-hydrogen) atoms. The molecular weight excluding hydrogens is 412 g/mol. The van der Waals surface area contributed by atoms with Crippen LogP contribution in [0.25, 0.3) is 0 Å². The lowest BCUT2D eigenvalue weighted by atomic mass is 10.1. The van der Waals surface area contributed by atoms with Crippen LogP contribution in [-0.4, -0.2) is 28.1 Å². The molecule has 0 aliphatic carbocycles. The maximum absolute atomic E-state index is 7.01. The van der Waals surface area contributed by atoms with Gasteiger partial charge in [0.15, 0.2) is 0 Å². The highest BCUT2D eigenvalue weighted by atomic mass is 28.4. The number of hydrogen-bond donors (Lipinski definition) is 0. The molecule has 0 spiro atoms. The summed E-state index contributed by atoms with van der Waals surface area (Å²) >= 11 is 0. The van der Waals surface area contributed by atoms with Crippen LogP contribution >= 0.6 is 0 Å². The summed E-state index contributed by atoms with van der Waals surface area (Å²) in [7, 11) is -0.881. The molecule has 0 saturated carbocycles. The minimum Gasteiger partial charge on any atom is -0.497 e. The molecule has 1 aliphatic rings. The maximum Gasteiger partial charge on any atom is 0.261 e. The van der Waals surface area contributed by atoms with E-state index in [1.165, 1.54) is 10.4 Å². The number of hydrogen-bond acceptors (Lipinski definition) is 3. The van der Waals surface area contributed by atoms with Gasteiger partial charge in [-0.15, -0.1) is 0 Å². The van der Waals surface area contributed by atoms with Crippen LogP contribution in [0.3, 0.4) is 0 Å². The predicted octanol–water partition coefficient (Wildman–Crippen LogP) is 5.27. The molecular formula is C28H32O3Si. The van der Waals surface area contributed by atoms with E-state index in [9.17, 15) is 0 Å². The van der Waals surface area contributed by atoms with Gasteiger partial charge in [-0.2, -0.15) is 0 Å². The first-order valence-electron chi connectivity index (χ1n) is 11.2. The normalized spacial score (nSPS) is 18.6. The summed E-state index contributed by atoms with van der Waals surface area (Å²) in [6.07, 6.45) is 4.12. The molecule has 0 bridgehead atoms. The Balaban J connectivity index is 1.58. The smallest absolute Gasteiger partial charge is 0.261 e. The lowest BCUT2D eigenvalue weighted by molar-refractivity contribution is 0.0292. The van der Waals surface area contributed by atoms with Gasteiger partial charge in [0.25, 0.3) is 8.32 Å². The summed E-state index contributed by atoms with van der Waals surface area (Å²) in [5.74, 6) is 0.849. The average molecular weight is 445 g/mol. The van der Waals surface area contributed by atoms with E-state index in [1.807, 2.05) is 12.1 Å². The Kier molecular flexibility index (Phi) is 6.65. The predicted molar refractivity (Wildman–Crippen MR) is 133 cm³/mol. The van der Waals surface area contributed by atoms with Crippen molar-refractivity contribution in [2.24, 2.45) is 0 Å². The molecule has 4 rings (SSSR count). The van der Waals surface area contributed by atoms with E-state index in [1.54, 1.807) is 7.11 Å². The van der Waals surface area contributed by atoms with E-state index < -0.39 is 8.32 Å². The molecule has 0 fully saturated rings. The third-order valence-electron chi connectivity index (χ3n) is 6.15. The number of rotatable bonds is 7. The molecule has 0 unspecified atom stereocenters. The van der Waals surface area contributed by atoms with Crippen molar-refractivity contribution in [1.82, 2.24) is 0 Å². The van der Waals surface area contributed by atoms with Gasteiger partial charge in [-0.1, -0.05) is 106 Å². The largest absolute Gasteiger partial charge is 0.497 e. The third kappa shape index (κ3) is 4.44. The second-order valence-corrected chi connectivity index (χ2v) is 13.5. The van der Waals surface area contributed by atoms with Crippen molar-refractivity contribution in [1.29, 1.82) is 0 Å². The maximum atomic E-state index is 7.01. The van der Waals surface area contributed by atoms with Crippen LogP contribution in [0.15, 0.2) is 97.1 Å². The zero-order chi connectivity index (χ0) is 22.6. The van der Waals surface area contributed by atoms with E-state index in [-0.39, 0.29) is 17.2 Å². The van der Waals surface area contributed by atoms with Gasteiger partial charge in [0, 0.05) is 0 Å². The second kappa shape index (κ2) is 9.45. The van der Waals surface area contributed by atoms with Crippen molar-refractivity contribution in [2.45, 2.75) is 38.0 Å². The molecule has 1 aliphatic heterocycles. The SMILES string of the molecule is COc1ccc([C@@H]2C=C[C@@H](CO[Si](c3ccccc3)(c3ccccc3)C(C)(C)C)O2)cc1.